The van der Waals surface area contributed by atoms with Gasteiger partial charge in [-0.05, 0) is 62.9 Å². The molecule has 2 saturated heterocycles. The molecule has 104 valence electrons. The largest absolute Gasteiger partial charge is 0.372 e. The van der Waals surface area contributed by atoms with Gasteiger partial charge in [0.1, 0.15) is 0 Å². The van der Waals surface area contributed by atoms with Gasteiger partial charge >= 0.3 is 0 Å². The molecule has 1 aromatic carbocycles. The van der Waals surface area contributed by atoms with E-state index < -0.39 is 0 Å². The normalized spacial score (nSPS) is 20.9. The van der Waals surface area contributed by atoms with E-state index in [0.717, 1.165) is 0 Å². The molecule has 1 aromatic rings. The average molecular weight is 258 g/mol. The minimum absolute atomic E-state index is 1.21. The molecule has 2 heterocycles. The summed E-state index contributed by atoms with van der Waals surface area (Å²) in [6, 6.07) is 9.29. The molecule has 0 N–H and O–H groups in total. The van der Waals surface area contributed by atoms with Gasteiger partial charge in [-0.2, -0.15) is 0 Å². The number of hydrogen-bond acceptors (Lipinski definition) is 2. The molecule has 0 aromatic heterocycles. The number of nitrogens with zero attached hydrogens (tertiary/aromatic N) is 2. The van der Waals surface area contributed by atoms with E-state index in [0.29, 0.717) is 0 Å². The molecule has 0 unspecified atom stereocenters. The molecule has 0 radical (unpaired) electrons. The number of anilines is 1. The van der Waals surface area contributed by atoms with Crippen LogP contribution in [0.25, 0.3) is 0 Å². The molecule has 2 nitrogen and oxygen atoms in total. The van der Waals surface area contributed by atoms with E-state index in [1.807, 2.05) is 0 Å². The second-order valence-corrected chi connectivity index (χ2v) is 6.01. The summed E-state index contributed by atoms with van der Waals surface area (Å²) >= 11 is 0. The number of likely N-dealkylation sites (tertiary alicyclic amines) is 1. The lowest BCUT2D eigenvalue weighted by Gasteiger charge is -2.26. The number of rotatable bonds is 4. The molecule has 0 saturated carbocycles. The second kappa shape index (κ2) is 6.42. The van der Waals surface area contributed by atoms with Gasteiger partial charge in [0.15, 0.2) is 0 Å². The third-order valence-electron chi connectivity index (χ3n) is 4.57. The molecule has 2 heteroatoms. The van der Waals surface area contributed by atoms with Gasteiger partial charge in [-0.3, -0.25) is 0 Å². The summed E-state index contributed by atoms with van der Waals surface area (Å²) in [6.45, 7) is 6.35. The fourth-order valence-electron chi connectivity index (χ4n) is 3.32. The number of benzene rings is 1. The molecule has 0 aliphatic carbocycles. The molecular weight excluding hydrogens is 232 g/mol. The van der Waals surface area contributed by atoms with Crippen molar-refractivity contribution >= 4 is 5.69 Å². The Morgan fingerprint density at radius 1 is 0.737 bits per heavy atom. The second-order valence-electron chi connectivity index (χ2n) is 6.01. The van der Waals surface area contributed by atoms with Gasteiger partial charge in [0.2, 0.25) is 0 Å². The SMILES string of the molecule is c1cc(N2CCCC2)ccc1CCN1CCCCC1. The molecule has 0 spiro atoms. The highest BCUT2D eigenvalue weighted by Gasteiger charge is 2.12. The summed E-state index contributed by atoms with van der Waals surface area (Å²) in [4.78, 5) is 5.13. The van der Waals surface area contributed by atoms with Crippen LogP contribution in [0.1, 0.15) is 37.7 Å². The van der Waals surface area contributed by atoms with E-state index in [1.165, 1.54) is 82.5 Å². The van der Waals surface area contributed by atoms with Gasteiger partial charge in [-0.25, -0.2) is 0 Å². The van der Waals surface area contributed by atoms with Crippen molar-refractivity contribution in [2.24, 2.45) is 0 Å². The van der Waals surface area contributed by atoms with E-state index in [9.17, 15) is 0 Å². The minimum Gasteiger partial charge on any atom is -0.372 e. The van der Waals surface area contributed by atoms with Gasteiger partial charge in [0, 0.05) is 25.3 Å². The van der Waals surface area contributed by atoms with E-state index >= 15 is 0 Å². The van der Waals surface area contributed by atoms with E-state index in [2.05, 4.69) is 34.1 Å². The molecule has 3 rings (SSSR count). The summed E-state index contributed by atoms with van der Waals surface area (Å²) in [5.41, 5.74) is 2.91. The Bertz CT molecular complexity index is 373. The lowest BCUT2D eigenvalue weighted by Crippen LogP contribution is -2.31. The number of hydrogen-bond donors (Lipinski definition) is 0. The average Bonchev–Trinajstić information content (AvgIpc) is 3.01. The highest BCUT2D eigenvalue weighted by atomic mass is 15.1. The third-order valence-corrected chi connectivity index (χ3v) is 4.57. The van der Waals surface area contributed by atoms with Crippen LogP contribution in [0.4, 0.5) is 5.69 Å². The van der Waals surface area contributed by atoms with Crippen LogP contribution in [0.3, 0.4) is 0 Å². The highest BCUT2D eigenvalue weighted by molar-refractivity contribution is 5.48. The minimum atomic E-state index is 1.21. The van der Waals surface area contributed by atoms with Gasteiger partial charge in [0.05, 0.1) is 0 Å². The summed E-state index contributed by atoms with van der Waals surface area (Å²) in [5.74, 6) is 0. The molecule has 2 aliphatic heterocycles. The molecule has 2 fully saturated rings. The number of piperidine rings is 1. The molecule has 19 heavy (non-hydrogen) atoms. The zero-order valence-electron chi connectivity index (χ0n) is 12.0. The maximum absolute atomic E-state index is 2.62. The summed E-state index contributed by atoms with van der Waals surface area (Å²) in [7, 11) is 0. The Kier molecular flexibility index (Phi) is 4.39. The molecule has 0 bridgehead atoms. The van der Waals surface area contributed by atoms with Crippen molar-refractivity contribution in [3.8, 4) is 0 Å². The van der Waals surface area contributed by atoms with Crippen LogP contribution >= 0.6 is 0 Å². The van der Waals surface area contributed by atoms with Crippen LogP contribution in [0.2, 0.25) is 0 Å². The quantitative estimate of drug-likeness (QED) is 0.817. The molecule has 2 aliphatic rings. The first-order chi connectivity index (χ1) is 9.42. The first-order valence-electron chi connectivity index (χ1n) is 7.98. The lowest BCUT2D eigenvalue weighted by molar-refractivity contribution is 0.231. The lowest BCUT2D eigenvalue weighted by atomic mass is 10.1. The van der Waals surface area contributed by atoms with Crippen LogP contribution in [0.15, 0.2) is 24.3 Å². The smallest absolute Gasteiger partial charge is 0.0366 e. The van der Waals surface area contributed by atoms with Crippen molar-refractivity contribution < 1.29 is 0 Å². The van der Waals surface area contributed by atoms with E-state index in [1.54, 1.807) is 0 Å². The van der Waals surface area contributed by atoms with Gasteiger partial charge < -0.3 is 9.80 Å². The Morgan fingerprint density at radius 3 is 2.05 bits per heavy atom. The van der Waals surface area contributed by atoms with Crippen molar-refractivity contribution in [3.05, 3.63) is 29.8 Å². The van der Waals surface area contributed by atoms with E-state index in [4.69, 9.17) is 0 Å². The fraction of sp³-hybridized carbons (Fsp3) is 0.647. The Morgan fingerprint density at radius 2 is 1.37 bits per heavy atom. The van der Waals surface area contributed by atoms with Crippen LogP contribution in [0, 0.1) is 0 Å². The monoisotopic (exact) mass is 258 g/mol. The topological polar surface area (TPSA) is 6.48 Å². The maximum Gasteiger partial charge on any atom is 0.0366 e. The van der Waals surface area contributed by atoms with Crippen LogP contribution < -0.4 is 4.90 Å². The predicted molar refractivity (Wildman–Crippen MR) is 81.9 cm³/mol. The third kappa shape index (κ3) is 3.50. The Balaban J connectivity index is 1.50. The van der Waals surface area contributed by atoms with Crippen LogP contribution in [0.5, 0.6) is 0 Å². The highest BCUT2D eigenvalue weighted by Crippen LogP contribution is 2.20. The summed E-state index contributed by atoms with van der Waals surface area (Å²) < 4.78 is 0. The predicted octanol–water partition coefficient (Wildman–Crippen LogP) is 3.32. The summed E-state index contributed by atoms with van der Waals surface area (Å²) in [6.07, 6.45) is 8.15. The van der Waals surface area contributed by atoms with Crippen LogP contribution in [-0.2, 0) is 6.42 Å². The van der Waals surface area contributed by atoms with Crippen molar-refractivity contribution in [1.82, 2.24) is 4.90 Å². The van der Waals surface area contributed by atoms with E-state index in [-0.39, 0.29) is 0 Å². The standard InChI is InChI=1S/C17H26N2/c1-2-11-18(12-3-1)15-10-16-6-8-17(9-7-16)19-13-4-5-14-19/h6-9H,1-5,10-15H2. The van der Waals surface area contributed by atoms with Gasteiger partial charge in [-0.1, -0.05) is 18.6 Å². The van der Waals surface area contributed by atoms with Crippen molar-refractivity contribution in [2.45, 2.75) is 38.5 Å². The Hall–Kier alpha value is -1.02. The fourth-order valence-corrected chi connectivity index (χ4v) is 3.32. The van der Waals surface area contributed by atoms with Gasteiger partial charge in [-0.15, -0.1) is 0 Å². The first kappa shape index (κ1) is 13.0. The zero-order valence-corrected chi connectivity index (χ0v) is 12.0. The van der Waals surface area contributed by atoms with Crippen molar-refractivity contribution in [2.75, 3.05) is 37.6 Å². The maximum atomic E-state index is 2.62. The van der Waals surface area contributed by atoms with Gasteiger partial charge in [0.25, 0.3) is 0 Å². The Labute approximate surface area is 117 Å². The van der Waals surface area contributed by atoms with Crippen LogP contribution in [-0.4, -0.2) is 37.6 Å². The molecule has 0 amide bonds. The molecular formula is C17H26N2. The first-order valence-corrected chi connectivity index (χ1v) is 7.98. The molecule has 0 atom stereocenters. The zero-order chi connectivity index (χ0) is 12.9. The van der Waals surface area contributed by atoms with Crippen molar-refractivity contribution in [1.29, 1.82) is 0 Å². The van der Waals surface area contributed by atoms with Crippen molar-refractivity contribution in [3.63, 3.8) is 0 Å². The summed E-state index contributed by atoms with van der Waals surface area (Å²) in [5, 5.41) is 0.